The van der Waals surface area contributed by atoms with E-state index in [4.69, 9.17) is 0 Å². The molecule has 0 unspecified atom stereocenters. The minimum absolute atomic E-state index is 0.679. The normalized spacial score (nSPS) is 10.2. The summed E-state index contributed by atoms with van der Waals surface area (Å²) in [5, 5.41) is 9.92. The van der Waals surface area contributed by atoms with E-state index in [0.717, 1.165) is 10.8 Å². The quantitative estimate of drug-likeness (QED) is 0.788. The minimum atomic E-state index is 0.679. The minimum Gasteiger partial charge on any atom is -0.365 e. The molecule has 0 saturated heterocycles. The van der Waals surface area contributed by atoms with Crippen molar-refractivity contribution in [1.82, 2.24) is 19.7 Å². The SMILES string of the molecule is CNc1nc(Cn2cncn2)cs1. The molecule has 5 nitrogen and oxygen atoms in total. The van der Waals surface area contributed by atoms with Gasteiger partial charge in [0.2, 0.25) is 0 Å². The van der Waals surface area contributed by atoms with E-state index in [1.165, 1.54) is 6.33 Å². The summed E-state index contributed by atoms with van der Waals surface area (Å²) in [4.78, 5) is 8.18. The molecule has 0 aromatic carbocycles. The topological polar surface area (TPSA) is 55.6 Å². The van der Waals surface area contributed by atoms with Gasteiger partial charge in [0.05, 0.1) is 12.2 Å². The van der Waals surface area contributed by atoms with E-state index in [-0.39, 0.29) is 0 Å². The fraction of sp³-hybridized carbons (Fsp3) is 0.286. The van der Waals surface area contributed by atoms with Crippen LogP contribution in [0, 0.1) is 0 Å². The lowest BCUT2D eigenvalue weighted by atomic mass is 10.5. The van der Waals surface area contributed by atoms with E-state index < -0.39 is 0 Å². The van der Waals surface area contributed by atoms with Crippen LogP contribution in [0.25, 0.3) is 0 Å². The number of anilines is 1. The zero-order chi connectivity index (χ0) is 9.10. The Bertz CT molecular complexity index is 366. The van der Waals surface area contributed by atoms with Crippen molar-refractivity contribution in [3.05, 3.63) is 23.7 Å². The van der Waals surface area contributed by atoms with Gasteiger partial charge in [0.15, 0.2) is 5.13 Å². The van der Waals surface area contributed by atoms with Crippen LogP contribution in [-0.4, -0.2) is 26.8 Å². The molecule has 0 aliphatic rings. The van der Waals surface area contributed by atoms with Gasteiger partial charge in [0.1, 0.15) is 12.7 Å². The van der Waals surface area contributed by atoms with Gasteiger partial charge < -0.3 is 5.32 Å². The maximum atomic E-state index is 4.32. The summed E-state index contributed by atoms with van der Waals surface area (Å²) in [6.45, 7) is 0.679. The highest BCUT2D eigenvalue weighted by atomic mass is 32.1. The summed E-state index contributed by atoms with van der Waals surface area (Å²) < 4.78 is 1.74. The van der Waals surface area contributed by atoms with Gasteiger partial charge in [-0.15, -0.1) is 11.3 Å². The molecule has 0 aliphatic heterocycles. The fourth-order valence-electron chi connectivity index (χ4n) is 0.975. The largest absolute Gasteiger partial charge is 0.365 e. The van der Waals surface area contributed by atoms with E-state index in [0.29, 0.717) is 6.54 Å². The third-order valence-corrected chi connectivity index (χ3v) is 2.46. The molecule has 1 N–H and O–H groups in total. The predicted octanol–water partition coefficient (Wildman–Crippen LogP) is 0.825. The fourth-order valence-corrected chi connectivity index (χ4v) is 1.64. The Morgan fingerprint density at radius 3 is 3.15 bits per heavy atom. The first-order valence-electron chi connectivity index (χ1n) is 3.83. The summed E-state index contributed by atoms with van der Waals surface area (Å²) in [7, 11) is 1.86. The molecule has 0 radical (unpaired) electrons. The molecule has 13 heavy (non-hydrogen) atoms. The van der Waals surface area contributed by atoms with E-state index in [1.807, 2.05) is 12.4 Å². The third kappa shape index (κ3) is 1.83. The first-order chi connectivity index (χ1) is 6.38. The van der Waals surface area contributed by atoms with Gasteiger partial charge in [0, 0.05) is 12.4 Å². The number of aromatic nitrogens is 4. The van der Waals surface area contributed by atoms with Crippen LogP contribution >= 0.6 is 11.3 Å². The van der Waals surface area contributed by atoms with Gasteiger partial charge in [-0.1, -0.05) is 0 Å². The van der Waals surface area contributed by atoms with Crippen molar-refractivity contribution in [1.29, 1.82) is 0 Å². The zero-order valence-corrected chi connectivity index (χ0v) is 7.95. The third-order valence-electron chi connectivity index (χ3n) is 1.56. The number of hydrogen-bond donors (Lipinski definition) is 1. The first kappa shape index (κ1) is 8.18. The van der Waals surface area contributed by atoms with Crippen molar-refractivity contribution >= 4 is 16.5 Å². The second-order valence-corrected chi connectivity index (χ2v) is 3.35. The first-order valence-corrected chi connectivity index (χ1v) is 4.71. The Labute approximate surface area is 79.5 Å². The Hall–Kier alpha value is -1.43. The second-order valence-electron chi connectivity index (χ2n) is 2.49. The number of nitrogens with one attached hydrogen (secondary N) is 1. The van der Waals surface area contributed by atoms with Crippen molar-refractivity contribution < 1.29 is 0 Å². The molecule has 68 valence electrons. The maximum absolute atomic E-state index is 4.32. The molecule has 2 rings (SSSR count). The van der Waals surface area contributed by atoms with Crippen LogP contribution in [0.2, 0.25) is 0 Å². The highest BCUT2D eigenvalue weighted by Crippen LogP contribution is 2.14. The van der Waals surface area contributed by atoms with Gasteiger partial charge in [0.25, 0.3) is 0 Å². The molecule has 0 amide bonds. The molecular formula is C7H9N5S. The number of rotatable bonds is 3. The number of thiazole rings is 1. The van der Waals surface area contributed by atoms with Crippen LogP contribution in [0.4, 0.5) is 5.13 Å². The lowest BCUT2D eigenvalue weighted by Gasteiger charge is -1.94. The monoisotopic (exact) mass is 195 g/mol. The van der Waals surface area contributed by atoms with Crippen LogP contribution in [0.5, 0.6) is 0 Å². The lowest BCUT2D eigenvalue weighted by molar-refractivity contribution is 0.674. The van der Waals surface area contributed by atoms with Crippen LogP contribution in [0.15, 0.2) is 18.0 Å². The van der Waals surface area contributed by atoms with Crippen molar-refractivity contribution in [2.75, 3.05) is 12.4 Å². The number of hydrogen-bond acceptors (Lipinski definition) is 5. The molecule has 0 bridgehead atoms. The van der Waals surface area contributed by atoms with Gasteiger partial charge >= 0.3 is 0 Å². The van der Waals surface area contributed by atoms with Crippen molar-refractivity contribution in [2.24, 2.45) is 0 Å². The standard InChI is InChI=1S/C7H9N5S/c1-8-7-11-6(3-13-7)2-12-5-9-4-10-12/h3-5H,2H2,1H3,(H,8,11). The average molecular weight is 195 g/mol. The highest BCUT2D eigenvalue weighted by Gasteiger charge is 2.00. The van der Waals surface area contributed by atoms with Gasteiger partial charge in [-0.2, -0.15) is 5.10 Å². The van der Waals surface area contributed by atoms with E-state index >= 15 is 0 Å². The molecule has 2 heterocycles. The van der Waals surface area contributed by atoms with Gasteiger partial charge in [-0.3, -0.25) is 0 Å². The molecule has 2 aromatic rings. The van der Waals surface area contributed by atoms with E-state index in [9.17, 15) is 0 Å². The molecule has 6 heteroatoms. The summed E-state index contributed by atoms with van der Waals surface area (Å²) in [6.07, 6.45) is 3.20. The van der Waals surface area contributed by atoms with Crippen LogP contribution in [-0.2, 0) is 6.54 Å². The molecule has 2 aromatic heterocycles. The number of nitrogens with zero attached hydrogens (tertiary/aromatic N) is 4. The van der Waals surface area contributed by atoms with E-state index in [2.05, 4.69) is 20.4 Å². The Morgan fingerprint density at radius 2 is 2.54 bits per heavy atom. The van der Waals surface area contributed by atoms with Crippen molar-refractivity contribution in [2.45, 2.75) is 6.54 Å². The van der Waals surface area contributed by atoms with E-state index in [1.54, 1.807) is 22.3 Å². The average Bonchev–Trinajstić information content (AvgIpc) is 2.76. The van der Waals surface area contributed by atoms with Crippen LogP contribution < -0.4 is 5.32 Å². The van der Waals surface area contributed by atoms with Gasteiger partial charge in [-0.25, -0.2) is 14.6 Å². The Kier molecular flexibility index (Phi) is 2.22. The maximum Gasteiger partial charge on any atom is 0.182 e. The molecule has 0 spiro atoms. The zero-order valence-electron chi connectivity index (χ0n) is 7.14. The van der Waals surface area contributed by atoms with Crippen LogP contribution in [0.3, 0.4) is 0 Å². The smallest absolute Gasteiger partial charge is 0.182 e. The van der Waals surface area contributed by atoms with Crippen LogP contribution in [0.1, 0.15) is 5.69 Å². The lowest BCUT2D eigenvalue weighted by Crippen LogP contribution is -2.00. The Morgan fingerprint density at radius 1 is 1.62 bits per heavy atom. The second kappa shape index (κ2) is 3.53. The Balaban J connectivity index is 2.10. The summed E-state index contributed by atoms with van der Waals surface area (Å²) in [5.41, 5.74) is 1.000. The highest BCUT2D eigenvalue weighted by molar-refractivity contribution is 7.13. The summed E-state index contributed by atoms with van der Waals surface area (Å²) >= 11 is 1.59. The molecule has 0 saturated carbocycles. The molecular weight excluding hydrogens is 186 g/mol. The van der Waals surface area contributed by atoms with Crippen molar-refractivity contribution in [3.8, 4) is 0 Å². The van der Waals surface area contributed by atoms with Crippen molar-refractivity contribution in [3.63, 3.8) is 0 Å². The molecule has 0 aliphatic carbocycles. The predicted molar refractivity (Wildman–Crippen MR) is 50.8 cm³/mol. The molecule has 0 atom stereocenters. The summed E-state index contributed by atoms with van der Waals surface area (Å²) in [6, 6.07) is 0. The molecule has 0 fully saturated rings. The summed E-state index contributed by atoms with van der Waals surface area (Å²) in [5.74, 6) is 0. The van der Waals surface area contributed by atoms with Gasteiger partial charge in [-0.05, 0) is 0 Å².